The van der Waals surface area contributed by atoms with E-state index in [1.54, 1.807) is 7.05 Å². The van der Waals surface area contributed by atoms with E-state index in [0.717, 1.165) is 18.8 Å². The lowest BCUT2D eigenvalue weighted by atomic mass is 9.69. The van der Waals surface area contributed by atoms with Crippen molar-refractivity contribution in [3.63, 3.8) is 0 Å². The van der Waals surface area contributed by atoms with Crippen LogP contribution in [-0.4, -0.2) is 35.8 Å². The Labute approximate surface area is 122 Å². The number of hydrogen-bond acceptors (Lipinski definition) is 3. The lowest BCUT2D eigenvalue weighted by molar-refractivity contribution is -0.137. The molecule has 4 heteroatoms. The van der Waals surface area contributed by atoms with Gasteiger partial charge in [0, 0.05) is 13.1 Å². The normalized spacial score (nSPS) is 32.0. The van der Waals surface area contributed by atoms with E-state index in [0.29, 0.717) is 17.9 Å². The van der Waals surface area contributed by atoms with E-state index in [2.05, 4.69) is 26.1 Å². The number of likely N-dealkylation sites (N-methyl/N-ethyl adjacent to an activating group) is 1. The van der Waals surface area contributed by atoms with Crippen molar-refractivity contribution in [3.8, 4) is 0 Å². The van der Waals surface area contributed by atoms with E-state index in [-0.39, 0.29) is 17.9 Å². The zero-order valence-electron chi connectivity index (χ0n) is 13.2. The molecule has 2 rings (SSSR count). The zero-order chi connectivity index (χ0) is 14.9. The van der Waals surface area contributed by atoms with Crippen LogP contribution < -0.4 is 5.32 Å². The van der Waals surface area contributed by atoms with Crippen molar-refractivity contribution in [2.45, 2.75) is 71.4 Å². The van der Waals surface area contributed by atoms with E-state index < -0.39 is 0 Å². The number of rotatable bonds is 4. The number of nitrogens with zero attached hydrogens (tertiary/aromatic N) is 1. The van der Waals surface area contributed by atoms with Crippen molar-refractivity contribution in [3.05, 3.63) is 0 Å². The summed E-state index contributed by atoms with van der Waals surface area (Å²) in [6.45, 7) is 6.99. The zero-order valence-corrected chi connectivity index (χ0v) is 13.2. The van der Waals surface area contributed by atoms with Gasteiger partial charge in [0.1, 0.15) is 0 Å². The molecule has 0 bridgehead atoms. The van der Waals surface area contributed by atoms with Gasteiger partial charge in [-0.3, -0.25) is 14.5 Å². The largest absolute Gasteiger partial charge is 0.303 e. The Morgan fingerprint density at radius 3 is 2.25 bits per heavy atom. The van der Waals surface area contributed by atoms with Gasteiger partial charge < -0.3 is 5.32 Å². The number of hydrogen-bond donors (Lipinski definition) is 1. The Morgan fingerprint density at radius 2 is 1.80 bits per heavy atom. The second-order valence-corrected chi connectivity index (χ2v) is 7.11. The number of carbonyl (C=O) groups excluding carboxylic acids is 2. The van der Waals surface area contributed by atoms with E-state index in [4.69, 9.17) is 0 Å². The maximum atomic E-state index is 11.9. The Bertz CT molecular complexity index is 384. The van der Waals surface area contributed by atoms with Crippen molar-refractivity contribution in [2.75, 3.05) is 7.05 Å². The van der Waals surface area contributed by atoms with Gasteiger partial charge in [-0.15, -0.1) is 0 Å². The van der Waals surface area contributed by atoms with Gasteiger partial charge in [0.15, 0.2) is 0 Å². The quantitative estimate of drug-likeness (QED) is 0.804. The van der Waals surface area contributed by atoms with Gasteiger partial charge in [0.2, 0.25) is 11.8 Å². The Kier molecular flexibility index (Phi) is 4.52. The summed E-state index contributed by atoms with van der Waals surface area (Å²) in [5.74, 6) is 0.661. The molecule has 0 aromatic rings. The van der Waals surface area contributed by atoms with E-state index in [9.17, 15) is 9.59 Å². The summed E-state index contributed by atoms with van der Waals surface area (Å²) in [6, 6.07) is 0.111. The maximum absolute atomic E-state index is 11.9. The third-order valence-corrected chi connectivity index (χ3v) is 5.56. The van der Waals surface area contributed by atoms with Crippen molar-refractivity contribution in [2.24, 2.45) is 11.3 Å². The van der Waals surface area contributed by atoms with Crippen LogP contribution in [0.3, 0.4) is 0 Å². The fourth-order valence-corrected chi connectivity index (χ4v) is 3.50. The molecule has 2 amide bonds. The fraction of sp³-hybridized carbons (Fsp3) is 0.875. The predicted molar refractivity (Wildman–Crippen MR) is 79.1 cm³/mol. The van der Waals surface area contributed by atoms with Crippen molar-refractivity contribution >= 4 is 11.8 Å². The molecule has 1 N–H and O–H groups in total. The van der Waals surface area contributed by atoms with Gasteiger partial charge in [-0.25, -0.2) is 0 Å². The molecule has 0 spiro atoms. The summed E-state index contributed by atoms with van der Waals surface area (Å²) in [5.41, 5.74) is 0.421. The fourth-order valence-electron chi connectivity index (χ4n) is 3.50. The molecule has 1 saturated carbocycles. The summed E-state index contributed by atoms with van der Waals surface area (Å²) in [6.07, 6.45) is 6.24. The van der Waals surface area contributed by atoms with Gasteiger partial charge >= 0.3 is 0 Å². The first-order valence-corrected chi connectivity index (χ1v) is 7.91. The highest BCUT2D eigenvalue weighted by Gasteiger charge is 2.38. The van der Waals surface area contributed by atoms with Crippen LogP contribution in [0, 0.1) is 11.3 Å². The van der Waals surface area contributed by atoms with Crippen LogP contribution in [0.2, 0.25) is 0 Å². The minimum atomic E-state index is -0.284. The summed E-state index contributed by atoms with van der Waals surface area (Å²) in [5, 5.41) is 3.41. The van der Waals surface area contributed by atoms with E-state index >= 15 is 0 Å². The van der Waals surface area contributed by atoms with E-state index in [1.807, 2.05) is 0 Å². The summed E-state index contributed by atoms with van der Waals surface area (Å²) >= 11 is 0. The lowest BCUT2D eigenvalue weighted by Crippen LogP contribution is -2.45. The molecule has 1 aliphatic carbocycles. The SMILES string of the molecule is CCC(C)(C)C1CCC(NC2CC(=O)N(C)C2=O)CC1. The topological polar surface area (TPSA) is 49.4 Å². The highest BCUT2D eigenvalue weighted by atomic mass is 16.2. The molecule has 2 aliphatic rings. The second-order valence-electron chi connectivity index (χ2n) is 7.11. The molecule has 1 unspecified atom stereocenters. The van der Waals surface area contributed by atoms with Crippen LogP contribution in [0.4, 0.5) is 0 Å². The monoisotopic (exact) mass is 280 g/mol. The summed E-state index contributed by atoms with van der Waals surface area (Å²) < 4.78 is 0. The van der Waals surface area contributed by atoms with Gasteiger partial charge in [0.05, 0.1) is 12.5 Å². The molecule has 114 valence electrons. The van der Waals surface area contributed by atoms with Crippen LogP contribution >= 0.6 is 0 Å². The summed E-state index contributed by atoms with van der Waals surface area (Å²) in [7, 11) is 1.58. The first-order valence-electron chi connectivity index (χ1n) is 7.91. The Hall–Kier alpha value is -0.900. The molecule has 2 fully saturated rings. The first kappa shape index (κ1) is 15.5. The molecule has 4 nitrogen and oxygen atoms in total. The Morgan fingerprint density at radius 1 is 1.20 bits per heavy atom. The smallest absolute Gasteiger partial charge is 0.246 e. The molecule has 0 radical (unpaired) electrons. The van der Waals surface area contributed by atoms with Gasteiger partial charge in [-0.1, -0.05) is 27.2 Å². The average Bonchev–Trinajstić information content (AvgIpc) is 2.67. The highest BCUT2D eigenvalue weighted by molar-refractivity contribution is 6.05. The molecular formula is C16H28N2O2. The van der Waals surface area contributed by atoms with Crippen LogP contribution in [0.25, 0.3) is 0 Å². The first-order chi connectivity index (χ1) is 9.35. The number of amides is 2. The number of imide groups is 1. The van der Waals surface area contributed by atoms with Crippen LogP contribution in [-0.2, 0) is 9.59 Å². The molecular weight excluding hydrogens is 252 g/mol. The van der Waals surface area contributed by atoms with Crippen LogP contribution in [0.1, 0.15) is 59.3 Å². The predicted octanol–water partition coefficient (Wildman–Crippen LogP) is 2.33. The molecule has 1 saturated heterocycles. The van der Waals surface area contributed by atoms with Gasteiger partial charge in [0.25, 0.3) is 0 Å². The molecule has 1 aliphatic heterocycles. The van der Waals surface area contributed by atoms with Crippen LogP contribution in [0.5, 0.6) is 0 Å². The standard InChI is InChI=1S/C16H28N2O2/c1-5-16(2,3)11-6-8-12(9-7-11)17-13-10-14(19)18(4)15(13)20/h11-13,17H,5-10H2,1-4H3. The number of carbonyl (C=O) groups is 2. The maximum Gasteiger partial charge on any atom is 0.246 e. The van der Waals surface area contributed by atoms with E-state index in [1.165, 1.54) is 24.2 Å². The van der Waals surface area contributed by atoms with Crippen molar-refractivity contribution in [1.82, 2.24) is 10.2 Å². The lowest BCUT2D eigenvalue weighted by Gasteiger charge is -2.39. The highest BCUT2D eigenvalue weighted by Crippen LogP contribution is 2.40. The number of nitrogens with one attached hydrogen (secondary N) is 1. The molecule has 0 aromatic carbocycles. The third kappa shape index (κ3) is 3.05. The summed E-state index contributed by atoms with van der Waals surface area (Å²) in [4.78, 5) is 24.7. The number of likely N-dealkylation sites (tertiary alicyclic amines) is 1. The third-order valence-electron chi connectivity index (χ3n) is 5.56. The average molecular weight is 280 g/mol. The molecule has 1 heterocycles. The minimum Gasteiger partial charge on any atom is -0.303 e. The minimum absolute atomic E-state index is 0.0618. The molecule has 0 aromatic heterocycles. The molecule has 20 heavy (non-hydrogen) atoms. The second kappa shape index (κ2) is 5.84. The van der Waals surface area contributed by atoms with Crippen molar-refractivity contribution < 1.29 is 9.59 Å². The Balaban J connectivity index is 1.84. The van der Waals surface area contributed by atoms with Crippen LogP contribution in [0.15, 0.2) is 0 Å². The van der Waals surface area contributed by atoms with Crippen molar-refractivity contribution in [1.29, 1.82) is 0 Å². The van der Waals surface area contributed by atoms with Gasteiger partial charge in [-0.2, -0.15) is 0 Å². The molecule has 1 atom stereocenters. The van der Waals surface area contributed by atoms with Gasteiger partial charge in [-0.05, 0) is 37.0 Å².